The summed E-state index contributed by atoms with van der Waals surface area (Å²) in [7, 11) is 4.47. The maximum atomic E-state index is 12.8. The highest BCUT2D eigenvalue weighted by Crippen LogP contribution is 2.48. The lowest BCUT2D eigenvalue weighted by atomic mass is 10.0. The number of methoxy groups -OCH3 is 3. The van der Waals surface area contributed by atoms with Crippen molar-refractivity contribution in [1.82, 2.24) is 4.90 Å². The van der Waals surface area contributed by atoms with Gasteiger partial charge in [-0.25, -0.2) is 0 Å². The predicted molar refractivity (Wildman–Crippen MR) is 80.4 cm³/mol. The number of ether oxygens (including phenoxy) is 3. The molecule has 1 amide bonds. The predicted octanol–water partition coefficient (Wildman–Crippen LogP) is 2.53. The molecular formula is C16H20N2O4. The number of benzene rings is 1. The van der Waals surface area contributed by atoms with E-state index >= 15 is 0 Å². The summed E-state index contributed by atoms with van der Waals surface area (Å²) < 4.78 is 16.0. The van der Waals surface area contributed by atoms with Gasteiger partial charge in [0.25, 0.3) is 5.91 Å². The summed E-state index contributed by atoms with van der Waals surface area (Å²) in [6.07, 6.45) is 0.758. The molecule has 22 heavy (non-hydrogen) atoms. The van der Waals surface area contributed by atoms with E-state index in [1.54, 1.807) is 11.0 Å². The molecule has 0 aliphatic carbocycles. The van der Waals surface area contributed by atoms with Crippen molar-refractivity contribution in [1.29, 1.82) is 5.26 Å². The summed E-state index contributed by atoms with van der Waals surface area (Å²) in [6, 6.07) is 3.20. The standard InChI is InChI=1S/C16H20N2O4/c1-6-9(2)18-11(8-17)10-7-12(20-3)14(21-4)15(22-5)13(10)16(18)19/h7,9,11H,6H2,1-5H3. The lowest BCUT2D eigenvalue weighted by Crippen LogP contribution is -2.35. The van der Waals surface area contributed by atoms with Gasteiger partial charge in [-0.3, -0.25) is 4.79 Å². The summed E-state index contributed by atoms with van der Waals surface area (Å²) in [5, 5.41) is 9.54. The molecule has 0 N–H and O–H groups in total. The Bertz CT molecular complexity index is 636. The van der Waals surface area contributed by atoms with Gasteiger partial charge in [0.15, 0.2) is 11.5 Å². The summed E-state index contributed by atoms with van der Waals surface area (Å²) in [5.74, 6) is 0.901. The molecule has 1 aliphatic heterocycles. The minimum Gasteiger partial charge on any atom is -0.493 e. The topological polar surface area (TPSA) is 71.8 Å². The first-order valence-corrected chi connectivity index (χ1v) is 7.10. The van der Waals surface area contributed by atoms with E-state index in [9.17, 15) is 10.1 Å². The molecule has 6 heteroatoms. The van der Waals surface area contributed by atoms with Crippen molar-refractivity contribution in [2.24, 2.45) is 0 Å². The Balaban J connectivity index is 2.73. The molecule has 1 aromatic carbocycles. The SMILES string of the molecule is CCC(C)N1C(=O)c2c(cc(OC)c(OC)c2OC)C1C#N. The van der Waals surface area contributed by atoms with Gasteiger partial charge in [0, 0.05) is 11.6 Å². The molecule has 0 saturated carbocycles. The third kappa shape index (κ3) is 2.13. The average molecular weight is 304 g/mol. The van der Waals surface area contributed by atoms with Gasteiger partial charge in [-0.1, -0.05) is 6.92 Å². The molecule has 0 saturated heterocycles. The molecule has 0 spiro atoms. The van der Waals surface area contributed by atoms with Gasteiger partial charge >= 0.3 is 0 Å². The van der Waals surface area contributed by atoms with Gasteiger partial charge in [-0.15, -0.1) is 0 Å². The van der Waals surface area contributed by atoms with Gasteiger partial charge in [0.1, 0.15) is 6.04 Å². The number of hydrogen-bond donors (Lipinski definition) is 0. The van der Waals surface area contributed by atoms with Crippen molar-refractivity contribution in [3.63, 3.8) is 0 Å². The number of rotatable bonds is 5. The number of amides is 1. The minimum atomic E-state index is -0.647. The second-order valence-electron chi connectivity index (χ2n) is 5.11. The van der Waals surface area contributed by atoms with E-state index in [0.717, 1.165) is 6.42 Å². The molecular weight excluding hydrogens is 284 g/mol. The van der Waals surface area contributed by atoms with Crippen LogP contribution in [0.5, 0.6) is 17.2 Å². The second-order valence-corrected chi connectivity index (χ2v) is 5.11. The van der Waals surface area contributed by atoms with Crippen LogP contribution >= 0.6 is 0 Å². The normalized spacial score (nSPS) is 17.7. The van der Waals surface area contributed by atoms with Crippen LogP contribution in [0.15, 0.2) is 6.07 Å². The lowest BCUT2D eigenvalue weighted by Gasteiger charge is -2.26. The molecule has 2 atom stereocenters. The van der Waals surface area contributed by atoms with E-state index in [-0.39, 0.29) is 11.9 Å². The molecule has 2 unspecified atom stereocenters. The van der Waals surface area contributed by atoms with Crippen LogP contribution in [0.3, 0.4) is 0 Å². The summed E-state index contributed by atoms with van der Waals surface area (Å²) in [6.45, 7) is 3.91. The van der Waals surface area contributed by atoms with Gasteiger partial charge in [0.05, 0.1) is 33.0 Å². The zero-order chi connectivity index (χ0) is 16.4. The van der Waals surface area contributed by atoms with Crippen LogP contribution in [-0.2, 0) is 0 Å². The van der Waals surface area contributed by atoms with Gasteiger partial charge < -0.3 is 19.1 Å². The van der Waals surface area contributed by atoms with Crippen molar-refractivity contribution in [3.8, 4) is 23.3 Å². The largest absolute Gasteiger partial charge is 0.493 e. The monoisotopic (exact) mass is 304 g/mol. The second kappa shape index (κ2) is 6.14. The maximum absolute atomic E-state index is 12.8. The zero-order valence-corrected chi connectivity index (χ0v) is 13.5. The van der Waals surface area contributed by atoms with Crippen molar-refractivity contribution >= 4 is 5.91 Å². The molecule has 6 nitrogen and oxygen atoms in total. The van der Waals surface area contributed by atoms with Crippen LogP contribution in [0.2, 0.25) is 0 Å². The highest BCUT2D eigenvalue weighted by atomic mass is 16.5. The lowest BCUT2D eigenvalue weighted by molar-refractivity contribution is 0.0682. The fourth-order valence-electron chi connectivity index (χ4n) is 2.79. The van der Waals surface area contributed by atoms with Gasteiger partial charge in [-0.2, -0.15) is 5.26 Å². The molecule has 118 valence electrons. The fraction of sp³-hybridized carbons (Fsp3) is 0.500. The Kier molecular flexibility index (Phi) is 4.45. The van der Waals surface area contributed by atoms with E-state index in [2.05, 4.69) is 6.07 Å². The van der Waals surface area contributed by atoms with Crippen molar-refractivity contribution in [2.75, 3.05) is 21.3 Å². The molecule has 1 aromatic rings. The number of carbonyl (C=O) groups is 1. The van der Waals surface area contributed by atoms with E-state index in [0.29, 0.717) is 28.4 Å². The summed E-state index contributed by atoms with van der Waals surface area (Å²) >= 11 is 0. The molecule has 0 fully saturated rings. The Morgan fingerprint density at radius 3 is 2.36 bits per heavy atom. The number of fused-ring (bicyclic) bond motifs is 1. The molecule has 0 aromatic heterocycles. The third-order valence-corrected chi connectivity index (χ3v) is 4.07. The van der Waals surface area contributed by atoms with Gasteiger partial charge in [-0.05, 0) is 19.4 Å². The Morgan fingerprint density at radius 2 is 1.91 bits per heavy atom. The van der Waals surface area contributed by atoms with E-state index in [1.165, 1.54) is 21.3 Å². The smallest absolute Gasteiger partial charge is 0.259 e. The van der Waals surface area contributed by atoms with E-state index in [4.69, 9.17) is 14.2 Å². The number of nitriles is 1. The van der Waals surface area contributed by atoms with Crippen molar-refractivity contribution in [2.45, 2.75) is 32.4 Å². The van der Waals surface area contributed by atoms with Crippen LogP contribution in [0.25, 0.3) is 0 Å². The van der Waals surface area contributed by atoms with Crippen LogP contribution in [0.1, 0.15) is 42.2 Å². The van der Waals surface area contributed by atoms with Crippen LogP contribution in [-0.4, -0.2) is 38.2 Å². The summed E-state index contributed by atoms with van der Waals surface area (Å²) in [4.78, 5) is 14.4. The zero-order valence-electron chi connectivity index (χ0n) is 13.5. The highest BCUT2D eigenvalue weighted by molar-refractivity contribution is 6.03. The van der Waals surface area contributed by atoms with Crippen LogP contribution < -0.4 is 14.2 Å². The first-order chi connectivity index (χ1) is 10.5. The minimum absolute atomic E-state index is 0.0498. The van der Waals surface area contributed by atoms with Gasteiger partial charge in [0.2, 0.25) is 5.75 Å². The first kappa shape index (κ1) is 16.0. The number of hydrogen-bond acceptors (Lipinski definition) is 5. The highest BCUT2D eigenvalue weighted by Gasteiger charge is 2.43. The van der Waals surface area contributed by atoms with Crippen molar-refractivity contribution < 1.29 is 19.0 Å². The van der Waals surface area contributed by atoms with E-state index in [1.807, 2.05) is 13.8 Å². The molecule has 1 heterocycles. The third-order valence-electron chi connectivity index (χ3n) is 4.07. The van der Waals surface area contributed by atoms with Crippen LogP contribution in [0, 0.1) is 11.3 Å². The maximum Gasteiger partial charge on any atom is 0.259 e. The molecule has 0 bridgehead atoms. The first-order valence-electron chi connectivity index (χ1n) is 7.10. The van der Waals surface area contributed by atoms with E-state index < -0.39 is 6.04 Å². The fourth-order valence-corrected chi connectivity index (χ4v) is 2.79. The molecule has 1 aliphatic rings. The molecule has 0 radical (unpaired) electrons. The van der Waals surface area contributed by atoms with Crippen LogP contribution in [0.4, 0.5) is 0 Å². The Morgan fingerprint density at radius 1 is 1.27 bits per heavy atom. The Labute approximate surface area is 130 Å². The summed E-state index contributed by atoms with van der Waals surface area (Å²) in [5.41, 5.74) is 0.981. The average Bonchev–Trinajstić information content (AvgIpc) is 2.83. The number of carbonyl (C=O) groups excluding carboxylic acids is 1. The number of nitrogens with zero attached hydrogens (tertiary/aromatic N) is 2. The quantitative estimate of drug-likeness (QED) is 0.836. The van der Waals surface area contributed by atoms with Crippen molar-refractivity contribution in [3.05, 3.63) is 17.2 Å². The molecule has 2 rings (SSSR count). The Hall–Kier alpha value is -2.42.